The highest BCUT2D eigenvalue weighted by molar-refractivity contribution is 6.24. The van der Waals surface area contributed by atoms with E-state index >= 15 is 4.39 Å². The number of likely N-dealkylation sites (N-methyl/N-ethyl adjacent to an activating group) is 1. The Balaban J connectivity index is 1.90. The average Bonchev–Trinajstić information content (AvgIpc) is 2.87. The monoisotopic (exact) mass is 545 g/mol. The Morgan fingerprint density at radius 1 is 1.26 bits per heavy atom. The van der Waals surface area contributed by atoms with Crippen molar-refractivity contribution in [2.75, 3.05) is 34.3 Å². The molecular weight excluding hydrogens is 509 g/mol. The van der Waals surface area contributed by atoms with Crippen molar-refractivity contribution in [3.05, 3.63) is 51.2 Å². The third kappa shape index (κ3) is 4.23. The minimum Gasteiger partial charge on any atom is -0.510 e. The second-order valence-electron chi connectivity index (χ2n) is 10.7. The van der Waals surface area contributed by atoms with Gasteiger partial charge in [-0.25, -0.2) is 4.39 Å². The van der Waals surface area contributed by atoms with E-state index in [4.69, 9.17) is 10.5 Å². The van der Waals surface area contributed by atoms with Crippen LogP contribution in [0.25, 0.3) is 0 Å². The van der Waals surface area contributed by atoms with Crippen LogP contribution in [0.5, 0.6) is 5.75 Å². The molecule has 3 aliphatic rings. The maximum Gasteiger partial charge on any atom is 0.255 e. The highest BCUT2D eigenvalue weighted by Gasteiger charge is 2.63. The van der Waals surface area contributed by atoms with E-state index in [9.17, 15) is 29.7 Å². The number of Topliss-reactive ketones (excluding diaryl/α,β-unsaturated/α-hetero) is 2. The molecule has 0 spiro atoms. The lowest BCUT2D eigenvalue weighted by Crippen LogP contribution is -2.63. The van der Waals surface area contributed by atoms with Crippen molar-refractivity contribution in [2.45, 2.75) is 51.3 Å². The van der Waals surface area contributed by atoms with Crippen LogP contribution < -0.4 is 10.5 Å². The van der Waals surface area contributed by atoms with Crippen LogP contribution in [0.1, 0.15) is 48.2 Å². The summed E-state index contributed by atoms with van der Waals surface area (Å²) in [6, 6.07) is 0.399. The van der Waals surface area contributed by atoms with Gasteiger partial charge in [0.1, 0.15) is 28.7 Å². The number of benzene rings is 1. The fourth-order valence-corrected chi connectivity index (χ4v) is 6.52. The second kappa shape index (κ2) is 10.4. The molecule has 5 N–H and O–H groups in total. The SMILES string of the molecule is CCCN(CC)Cc1cc(OC)c2c(c1F)C[C@H]1C[C@H]3[C@H](N(C)C)C(O)=C(C(N)=O)C(=O)[C@@]3(O)C(O)=C1C2=O. The Bertz CT molecular complexity index is 1300. The number of methoxy groups -OCH3 is 1. The van der Waals surface area contributed by atoms with E-state index in [0.717, 1.165) is 13.0 Å². The first kappa shape index (κ1) is 28.7. The van der Waals surface area contributed by atoms with Gasteiger partial charge in [-0.2, -0.15) is 0 Å². The number of primary amides is 1. The van der Waals surface area contributed by atoms with E-state index in [1.54, 1.807) is 14.1 Å². The molecule has 0 aliphatic heterocycles. The number of halogens is 1. The highest BCUT2D eigenvalue weighted by Crippen LogP contribution is 2.52. The molecule has 1 aromatic carbocycles. The summed E-state index contributed by atoms with van der Waals surface area (Å²) in [4.78, 5) is 42.9. The van der Waals surface area contributed by atoms with Crippen LogP contribution in [0.2, 0.25) is 0 Å². The quantitative estimate of drug-likeness (QED) is 0.358. The normalized spacial score (nSPS) is 26.6. The number of allylic oxidation sites excluding steroid dienone is 1. The Hall–Kier alpha value is -3.28. The molecule has 1 aromatic rings. The van der Waals surface area contributed by atoms with Crippen molar-refractivity contribution >= 4 is 17.5 Å². The van der Waals surface area contributed by atoms with Crippen LogP contribution in [0.4, 0.5) is 4.39 Å². The average molecular weight is 546 g/mol. The Morgan fingerprint density at radius 2 is 1.92 bits per heavy atom. The number of aliphatic hydroxyl groups is 3. The van der Waals surface area contributed by atoms with Crippen LogP contribution in [0.15, 0.2) is 28.7 Å². The first-order valence-electron chi connectivity index (χ1n) is 13.1. The summed E-state index contributed by atoms with van der Waals surface area (Å²) in [6.07, 6.45) is 0.847. The molecule has 0 saturated heterocycles. The van der Waals surface area contributed by atoms with Gasteiger partial charge < -0.3 is 25.8 Å². The number of amides is 1. The summed E-state index contributed by atoms with van der Waals surface area (Å²) in [6.45, 7) is 5.81. The molecule has 3 aliphatic carbocycles. The molecule has 0 heterocycles. The van der Waals surface area contributed by atoms with Crippen LogP contribution in [-0.4, -0.2) is 88.5 Å². The van der Waals surface area contributed by atoms with E-state index in [-0.39, 0.29) is 35.3 Å². The first-order chi connectivity index (χ1) is 18.3. The van der Waals surface area contributed by atoms with Crippen molar-refractivity contribution in [3.8, 4) is 5.75 Å². The van der Waals surface area contributed by atoms with Crippen molar-refractivity contribution in [1.29, 1.82) is 0 Å². The lowest BCUT2D eigenvalue weighted by molar-refractivity contribution is -0.148. The molecule has 0 radical (unpaired) electrons. The van der Waals surface area contributed by atoms with E-state index < -0.39 is 63.9 Å². The van der Waals surface area contributed by atoms with Crippen LogP contribution >= 0.6 is 0 Å². The first-order valence-corrected chi connectivity index (χ1v) is 13.1. The van der Waals surface area contributed by atoms with Gasteiger partial charge in [-0.3, -0.25) is 24.2 Å². The predicted molar refractivity (Wildman–Crippen MR) is 140 cm³/mol. The van der Waals surface area contributed by atoms with E-state index in [1.807, 2.05) is 13.8 Å². The molecular formula is C28H36FN3O7. The molecule has 0 bridgehead atoms. The Kier molecular flexibility index (Phi) is 7.63. The number of rotatable bonds is 8. The summed E-state index contributed by atoms with van der Waals surface area (Å²) in [7, 11) is 4.50. The number of aliphatic hydroxyl groups excluding tert-OH is 2. The van der Waals surface area contributed by atoms with Crippen molar-refractivity contribution in [2.24, 2.45) is 17.6 Å². The minimum atomic E-state index is -2.68. The molecule has 212 valence electrons. The number of ketones is 2. The topological polar surface area (TPSA) is 154 Å². The van der Waals surface area contributed by atoms with Crippen LogP contribution in [0.3, 0.4) is 0 Å². The molecule has 1 amide bonds. The number of carbonyl (C=O) groups is 3. The van der Waals surface area contributed by atoms with E-state index in [2.05, 4.69) is 4.90 Å². The van der Waals surface area contributed by atoms with Gasteiger partial charge in [0.15, 0.2) is 11.4 Å². The Morgan fingerprint density at radius 3 is 2.46 bits per heavy atom. The molecule has 11 heteroatoms. The maximum atomic E-state index is 16.0. The van der Waals surface area contributed by atoms with Gasteiger partial charge in [0.25, 0.3) is 5.91 Å². The van der Waals surface area contributed by atoms with Crippen molar-refractivity contribution in [3.63, 3.8) is 0 Å². The highest BCUT2D eigenvalue weighted by atomic mass is 19.1. The maximum absolute atomic E-state index is 16.0. The summed E-state index contributed by atoms with van der Waals surface area (Å²) < 4.78 is 21.5. The zero-order valence-corrected chi connectivity index (χ0v) is 22.9. The van der Waals surface area contributed by atoms with Gasteiger partial charge in [0.05, 0.1) is 18.7 Å². The number of ether oxygens (including phenoxy) is 1. The molecule has 39 heavy (non-hydrogen) atoms. The number of hydrogen-bond acceptors (Lipinski definition) is 9. The number of fused-ring (bicyclic) bond motifs is 3. The molecule has 0 fully saturated rings. The summed E-state index contributed by atoms with van der Waals surface area (Å²) in [5.74, 6) is -7.13. The number of nitrogens with zero attached hydrogens (tertiary/aromatic N) is 2. The fourth-order valence-electron chi connectivity index (χ4n) is 6.52. The van der Waals surface area contributed by atoms with E-state index in [1.165, 1.54) is 18.1 Å². The molecule has 0 saturated carbocycles. The van der Waals surface area contributed by atoms with E-state index in [0.29, 0.717) is 18.7 Å². The molecule has 0 unspecified atom stereocenters. The summed E-state index contributed by atoms with van der Waals surface area (Å²) in [5.41, 5.74) is 2.07. The number of nitrogens with two attached hydrogens (primary N) is 1. The van der Waals surface area contributed by atoms with Crippen molar-refractivity contribution < 1.29 is 38.8 Å². The summed E-state index contributed by atoms with van der Waals surface area (Å²) >= 11 is 0. The van der Waals surface area contributed by atoms with Gasteiger partial charge in [0, 0.05) is 29.2 Å². The van der Waals surface area contributed by atoms with Gasteiger partial charge in [0.2, 0.25) is 5.78 Å². The molecule has 0 aromatic heterocycles. The zero-order chi connectivity index (χ0) is 29.0. The largest absolute Gasteiger partial charge is 0.510 e. The zero-order valence-electron chi connectivity index (χ0n) is 22.9. The van der Waals surface area contributed by atoms with Gasteiger partial charge in [-0.1, -0.05) is 13.8 Å². The van der Waals surface area contributed by atoms with Gasteiger partial charge in [-0.05, 0) is 58.4 Å². The number of hydrogen-bond donors (Lipinski definition) is 4. The lowest BCUT2D eigenvalue weighted by atomic mass is 9.58. The number of carbonyl (C=O) groups excluding carboxylic acids is 3. The standard InChI is InChI=1S/C28H36FN3O7/c1-6-8-32(7-2)12-14-11-17(39-5)19-15(21(14)29)9-13-10-16-22(31(3)4)24(34)20(27(30)37)26(36)28(16,38)25(35)18(13)23(19)33/h11,13,16,22,34-35,38H,6-10,12H2,1-5H3,(H2,30,37)/t13-,16-,22-,28-/m0/s1. The third-order valence-corrected chi connectivity index (χ3v) is 8.32. The van der Waals surface area contributed by atoms with Gasteiger partial charge >= 0.3 is 0 Å². The van der Waals surface area contributed by atoms with Crippen LogP contribution in [-0.2, 0) is 22.6 Å². The molecule has 4 atom stereocenters. The molecule has 4 rings (SSSR count). The summed E-state index contributed by atoms with van der Waals surface area (Å²) in [5, 5.41) is 33.9. The smallest absolute Gasteiger partial charge is 0.255 e. The van der Waals surface area contributed by atoms with Crippen LogP contribution in [0, 0.1) is 17.7 Å². The lowest BCUT2D eigenvalue weighted by Gasteiger charge is -2.50. The second-order valence-corrected chi connectivity index (χ2v) is 10.7. The van der Waals surface area contributed by atoms with Gasteiger partial charge in [-0.15, -0.1) is 0 Å². The fraction of sp³-hybridized carbons (Fsp3) is 0.536. The predicted octanol–water partition coefficient (Wildman–Crippen LogP) is 1.79. The third-order valence-electron chi connectivity index (χ3n) is 8.32. The van der Waals surface area contributed by atoms with Crippen molar-refractivity contribution in [1.82, 2.24) is 9.80 Å². The Labute approximate surface area is 226 Å². The molecule has 10 nitrogen and oxygen atoms in total. The minimum absolute atomic E-state index is 0.00444.